The predicted molar refractivity (Wildman–Crippen MR) is 166 cm³/mol. The first-order valence-electron chi connectivity index (χ1n) is 13.4. The van der Waals surface area contributed by atoms with Gasteiger partial charge in [-0.1, -0.05) is 48.5 Å². The molecule has 5 aromatic rings. The fourth-order valence-electron chi connectivity index (χ4n) is 4.40. The van der Waals surface area contributed by atoms with E-state index in [1.807, 2.05) is 36.6 Å². The Labute approximate surface area is 251 Å². The van der Waals surface area contributed by atoms with E-state index >= 15 is 0 Å². The van der Waals surface area contributed by atoms with Crippen LogP contribution in [0.3, 0.4) is 0 Å². The zero-order valence-corrected chi connectivity index (χ0v) is 24.0. The topological polar surface area (TPSA) is 123 Å². The lowest BCUT2D eigenvalue weighted by molar-refractivity contribution is 0.187. The Morgan fingerprint density at radius 1 is 0.953 bits per heavy atom. The number of imide groups is 1. The number of benzene rings is 3. The molecule has 0 unspecified atom stereocenters. The Morgan fingerprint density at radius 2 is 1.72 bits per heavy atom. The first-order valence-corrected chi connectivity index (χ1v) is 14.8. The third-order valence-corrected chi connectivity index (χ3v) is 7.10. The van der Waals surface area contributed by atoms with Crippen molar-refractivity contribution in [3.05, 3.63) is 103 Å². The van der Waals surface area contributed by atoms with Crippen LogP contribution in [0.15, 0.2) is 103 Å². The molecule has 2 aromatic heterocycles. The molecule has 0 radical (unpaired) electrons. The van der Waals surface area contributed by atoms with Gasteiger partial charge in [0.2, 0.25) is 0 Å². The van der Waals surface area contributed by atoms with E-state index in [1.165, 1.54) is 22.9 Å². The number of carboxylic acid groups (broad SMARTS) is 1. The zero-order valence-electron chi connectivity index (χ0n) is 23.2. The summed E-state index contributed by atoms with van der Waals surface area (Å²) in [6.45, 7) is 0.589. The normalized spacial score (nSPS) is 10.7. The van der Waals surface area contributed by atoms with E-state index in [2.05, 4.69) is 10.3 Å². The average Bonchev–Trinajstić information content (AvgIpc) is 3.43. The maximum Gasteiger partial charge on any atom is 0.430 e. The molecule has 3 aromatic carbocycles. The number of amides is 3. The van der Waals surface area contributed by atoms with E-state index < -0.39 is 12.2 Å². The second kappa shape index (κ2) is 13.6. The molecule has 5 rings (SSSR count). The van der Waals surface area contributed by atoms with E-state index in [4.69, 9.17) is 9.47 Å². The molecule has 2 N–H and O–H groups in total. The molecule has 2 heterocycles. The summed E-state index contributed by atoms with van der Waals surface area (Å²) < 4.78 is 13.0. The van der Waals surface area contributed by atoms with Crippen LogP contribution in [0.5, 0.6) is 17.2 Å². The quantitative estimate of drug-likeness (QED) is 0.168. The fourth-order valence-corrected chi connectivity index (χ4v) is 4.83. The molecule has 0 saturated carbocycles. The van der Waals surface area contributed by atoms with Crippen molar-refractivity contribution in [2.24, 2.45) is 0 Å². The van der Waals surface area contributed by atoms with Crippen LogP contribution in [-0.4, -0.2) is 51.4 Å². The molecule has 43 heavy (non-hydrogen) atoms. The molecule has 0 fully saturated rings. The van der Waals surface area contributed by atoms with E-state index in [9.17, 15) is 19.5 Å². The van der Waals surface area contributed by atoms with Crippen LogP contribution < -0.4 is 19.7 Å². The minimum Gasteiger partial charge on any atom is -0.464 e. The third-order valence-electron chi connectivity index (χ3n) is 6.41. The zero-order chi connectivity index (χ0) is 30.2. The van der Waals surface area contributed by atoms with Crippen LogP contribution in [-0.2, 0) is 0 Å². The molecule has 0 aliphatic heterocycles. The van der Waals surface area contributed by atoms with Crippen molar-refractivity contribution in [1.82, 2.24) is 14.9 Å². The van der Waals surface area contributed by atoms with E-state index in [1.54, 1.807) is 66.5 Å². The molecule has 0 saturated heterocycles. The first-order chi connectivity index (χ1) is 20.9. The van der Waals surface area contributed by atoms with Gasteiger partial charge in [0.25, 0.3) is 0 Å². The Balaban J connectivity index is 1.32. The smallest absolute Gasteiger partial charge is 0.430 e. The lowest BCUT2D eigenvalue weighted by Gasteiger charge is -2.18. The van der Waals surface area contributed by atoms with Crippen molar-refractivity contribution in [2.45, 2.75) is 6.42 Å². The van der Waals surface area contributed by atoms with Crippen molar-refractivity contribution in [3.8, 4) is 28.4 Å². The van der Waals surface area contributed by atoms with Gasteiger partial charge in [0.15, 0.2) is 5.82 Å². The summed E-state index contributed by atoms with van der Waals surface area (Å²) >= 11 is 1.73. The Morgan fingerprint density at radius 3 is 2.51 bits per heavy atom. The number of carbonyl (C=O) groups excluding carboxylic acids is 2. The third kappa shape index (κ3) is 6.96. The number of thioether (sulfide) groups is 1. The highest BCUT2D eigenvalue weighted by Crippen LogP contribution is 2.31. The molecular weight excluding hydrogens is 568 g/mol. The van der Waals surface area contributed by atoms with Crippen LogP contribution in [0.1, 0.15) is 6.42 Å². The van der Waals surface area contributed by atoms with Gasteiger partial charge in [-0.2, -0.15) is 16.7 Å². The minimum atomic E-state index is -1.57. The van der Waals surface area contributed by atoms with Gasteiger partial charge >= 0.3 is 18.2 Å². The number of aromatic nitrogens is 2. The molecule has 0 atom stereocenters. The molecular formula is C32H28N4O6S. The maximum absolute atomic E-state index is 13.1. The van der Waals surface area contributed by atoms with Crippen molar-refractivity contribution in [2.75, 3.05) is 23.5 Å². The summed E-state index contributed by atoms with van der Waals surface area (Å²) in [4.78, 5) is 42.4. The number of ether oxygens (including phenoxy) is 2. The highest BCUT2D eigenvalue weighted by Gasteiger charge is 2.28. The summed E-state index contributed by atoms with van der Waals surface area (Å²) in [5.41, 5.74) is 2.14. The van der Waals surface area contributed by atoms with Gasteiger partial charge in [0, 0.05) is 36.0 Å². The van der Waals surface area contributed by atoms with Crippen LogP contribution in [0.4, 0.5) is 20.2 Å². The van der Waals surface area contributed by atoms with Crippen molar-refractivity contribution in [1.29, 1.82) is 0 Å². The van der Waals surface area contributed by atoms with Gasteiger partial charge < -0.3 is 19.9 Å². The molecule has 11 heteroatoms. The molecule has 3 amide bonds. The van der Waals surface area contributed by atoms with Crippen LogP contribution >= 0.6 is 11.8 Å². The minimum absolute atomic E-state index is 0.197. The van der Waals surface area contributed by atoms with Gasteiger partial charge in [-0.3, -0.25) is 4.57 Å². The highest BCUT2D eigenvalue weighted by molar-refractivity contribution is 7.98. The van der Waals surface area contributed by atoms with Crippen molar-refractivity contribution >= 4 is 46.7 Å². The number of nitrogens with one attached hydrogen (secondary N) is 1. The first kappa shape index (κ1) is 29.2. The summed E-state index contributed by atoms with van der Waals surface area (Å²) in [6, 6.07) is 25.8. The number of hydrogen-bond donors (Lipinski definition) is 2. The summed E-state index contributed by atoms with van der Waals surface area (Å²) in [5, 5.41) is 13.6. The summed E-state index contributed by atoms with van der Waals surface area (Å²) in [5.74, 6) is 1.67. The number of fused-ring (bicyclic) bond motifs is 1. The number of anilines is 1. The van der Waals surface area contributed by atoms with Crippen molar-refractivity contribution < 1.29 is 29.0 Å². The number of para-hydroxylation sites is 1. The van der Waals surface area contributed by atoms with Gasteiger partial charge in [0.05, 0.1) is 5.52 Å². The predicted octanol–water partition coefficient (Wildman–Crippen LogP) is 7.49. The molecule has 0 aliphatic carbocycles. The Bertz CT molecular complexity index is 1760. The number of carbonyl (C=O) groups is 3. The fraction of sp³-hybridized carbons (Fsp3) is 0.125. The Kier molecular flexibility index (Phi) is 9.23. The molecule has 0 spiro atoms. The van der Waals surface area contributed by atoms with E-state index in [-0.39, 0.29) is 23.3 Å². The highest BCUT2D eigenvalue weighted by atomic mass is 32.2. The lowest BCUT2D eigenvalue weighted by Crippen LogP contribution is -2.38. The molecule has 0 bridgehead atoms. The largest absolute Gasteiger partial charge is 0.464 e. The van der Waals surface area contributed by atoms with Gasteiger partial charge in [-0.05, 0) is 60.4 Å². The van der Waals surface area contributed by atoms with Crippen molar-refractivity contribution in [3.63, 3.8) is 0 Å². The van der Waals surface area contributed by atoms with Crippen LogP contribution in [0.2, 0.25) is 0 Å². The van der Waals surface area contributed by atoms with Gasteiger partial charge in [0.1, 0.15) is 17.2 Å². The molecule has 0 aliphatic rings. The number of rotatable bonds is 9. The molecule has 10 nitrogen and oxygen atoms in total. The Hall–Kier alpha value is -5.29. The SMILES string of the molecule is CSCCCNC(=O)n1ccc2cc(Oc3ccnc(N(C(=O)O)C(=O)Oc4ccccc4-c4ccccc4)c3)ccc21. The lowest BCUT2D eigenvalue weighted by atomic mass is 10.1. The summed E-state index contributed by atoms with van der Waals surface area (Å²) in [7, 11) is 0. The number of hydrogen-bond acceptors (Lipinski definition) is 7. The second-order valence-corrected chi connectivity index (χ2v) is 10.3. The van der Waals surface area contributed by atoms with Crippen LogP contribution in [0.25, 0.3) is 22.0 Å². The van der Waals surface area contributed by atoms with Gasteiger partial charge in [-0.25, -0.2) is 19.4 Å². The average molecular weight is 597 g/mol. The monoisotopic (exact) mass is 596 g/mol. The van der Waals surface area contributed by atoms with Gasteiger partial charge in [-0.15, -0.1) is 0 Å². The number of pyridine rings is 1. The van der Waals surface area contributed by atoms with Crippen LogP contribution in [0, 0.1) is 0 Å². The maximum atomic E-state index is 13.1. The molecule has 218 valence electrons. The van der Waals surface area contributed by atoms with E-state index in [0.29, 0.717) is 28.3 Å². The number of nitrogens with zero attached hydrogens (tertiary/aromatic N) is 3. The standard InChI is InChI=1S/C32H28N4O6S/c1-43-19-7-16-34-30(37)35-18-15-23-20-24(12-13-27(23)35)41-25-14-17-33-29(21-25)36(31(38)39)32(40)42-28-11-6-5-10-26(28)22-8-3-2-4-9-22/h2-6,8-15,17-18,20-21H,7,16,19H2,1H3,(H,34,37)(H,38,39). The van der Waals surface area contributed by atoms with E-state index in [0.717, 1.165) is 23.1 Å². The second-order valence-electron chi connectivity index (χ2n) is 9.28. The summed E-state index contributed by atoms with van der Waals surface area (Å²) in [6.07, 6.45) is 3.22.